The Morgan fingerprint density at radius 2 is 2.24 bits per heavy atom. The van der Waals surface area contributed by atoms with Crippen LogP contribution in [0.5, 0.6) is 0 Å². The summed E-state index contributed by atoms with van der Waals surface area (Å²) in [5.74, 6) is 0.450. The van der Waals surface area contributed by atoms with Gasteiger partial charge in [0.25, 0.3) is 0 Å². The molecule has 0 bridgehead atoms. The molecule has 1 fully saturated rings. The van der Waals surface area contributed by atoms with Gasteiger partial charge in [-0.1, -0.05) is 6.92 Å². The van der Waals surface area contributed by atoms with Crippen molar-refractivity contribution in [2.45, 2.75) is 32.3 Å². The standard InChI is InChI=1S/C13H23N5O3/c1-3-11-12(18(19)20)13(17(2)16-11)15-8-9-21-10-4-6-14-7-5-10/h10,14-15H,3-9H2,1-2H3. The number of piperidine rings is 1. The zero-order valence-electron chi connectivity index (χ0n) is 12.6. The lowest BCUT2D eigenvalue weighted by atomic mass is 10.1. The smallest absolute Gasteiger partial charge is 0.333 e. The number of anilines is 1. The zero-order valence-corrected chi connectivity index (χ0v) is 12.6. The van der Waals surface area contributed by atoms with Gasteiger partial charge in [-0.25, -0.2) is 4.68 Å². The predicted octanol–water partition coefficient (Wildman–Crippen LogP) is 1.07. The van der Waals surface area contributed by atoms with Gasteiger partial charge in [0.1, 0.15) is 5.69 Å². The summed E-state index contributed by atoms with van der Waals surface area (Å²) in [6, 6.07) is 0. The highest BCUT2D eigenvalue weighted by molar-refractivity contribution is 5.59. The maximum Gasteiger partial charge on any atom is 0.333 e. The Bertz CT molecular complexity index is 482. The molecule has 21 heavy (non-hydrogen) atoms. The Hall–Kier alpha value is -1.67. The van der Waals surface area contributed by atoms with Crippen molar-refractivity contribution >= 4 is 11.5 Å². The van der Waals surface area contributed by atoms with E-state index in [0.717, 1.165) is 25.9 Å². The second-order valence-corrected chi connectivity index (χ2v) is 5.13. The van der Waals surface area contributed by atoms with E-state index in [1.54, 1.807) is 7.05 Å². The third kappa shape index (κ3) is 3.92. The fourth-order valence-corrected chi connectivity index (χ4v) is 2.55. The summed E-state index contributed by atoms with van der Waals surface area (Å²) in [4.78, 5) is 10.8. The Labute approximate surface area is 124 Å². The minimum atomic E-state index is -0.373. The minimum absolute atomic E-state index is 0.0712. The van der Waals surface area contributed by atoms with Crippen LogP contribution in [-0.4, -0.2) is 47.0 Å². The van der Waals surface area contributed by atoms with Crippen LogP contribution in [0, 0.1) is 10.1 Å². The summed E-state index contributed by atoms with van der Waals surface area (Å²) in [6.07, 6.45) is 2.87. The average molecular weight is 297 g/mol. The van der Waals surface area contributed by atoms with E-state index in [9.17, 15) is 10.1 Å². The highest BCUT2D eigenvalue weighted by Gasteiger charge is 2.25. The molecular formula is C13H23N5O3. The van der Waals surface area contributed by atoms with Crippen molar-refractivity contribution in [3.8, 4) is 0 Å². The molecule has 1 aromatic heterocycles. The Morgan fingerprint density at radius 3 is 2.86 bits per heavy atom. The molecule has 2 heterocycles. The first-order valence-corrected chi connectivity index (χ1v) is 7.40. The van der Waals surface area contributed by atoms with Gasteiger partial charge in [0.05, 0.1) is 17.6 Å². The SMILES string of the molecule is CCc1nn(C)c(NCCOC2CCNCC2)c1[N+](=O)[O-]. The zero-order chi connectivity index (χ0) is 15.2. The molecule has 118 valence electrons. The van der Waals surface area contributed by atoms with E-state index < -0.39 is 0 Å². The molecule has 0 amide bonds. The first-order chi connectivity index (χ1) is 10.1. The van der Waals surface area contributed by atoms with E-state index in [4.69, 9.17) is 4.74 Å². The van der Waals surface area contributed by atoms with Crippen LogP contribution < -0.4 is 10.6 Å². The first-order valence-electron chi connectivity index (χ1n) is 7.40. The van der Waals surface area contributed by atoms with Crippen molar-refractivity contribution in [3.05, 3.63) is 15.8 Å². The van der Waals surface area contributed by atoms with Crippen molar-refractivity contribution in [3.63, 3.8) is 0 Å². The molecule has 0 unspecified atom stereocenters. The predicted molar refractivity (Wildman–Crippen MR) is 79.6 cm³/mol. The van der Waals surface area contributed by atoms with Crippen LogP contribution in [0.4, 0.5) is 11.5 Å². The second-order valence-electron chi connectivity index (χ2n) is 5.13. The fraction of sp³-hybridized carbons (Fsp3) is 0.769. The van der Waals surface area contributed by atoms with Gasteiger partial charge in [-0.05, 0) is 32.4 Å². The number of hydrogen-bond donors (Lipinski definition) is 2. The van der Waals surface area contributed by atoms with Gasteiger partial charge in [0.2, 0.25) is 5.82 Å². The number of aryl methyl sites for hydroxylation is 2. The highest BCUT2D eigenvalue weighted by Crippen LogP contribution is 2.28. The summed E-state index contributed by atoms with van der Waals surface area (Å²) in [7, 11) is 1.71. The molecule has 0 radical (unpaired) electrons. The molecule has 0 atom stereocenters. The number of nitrogens with zero attached hydrogens (tertiary/aromatic N) is 3. The van der Waals surface area contributed by atoms with E-state index in [2.05, 4.69) is 15.7 Å². The van der Waals surface area contributed by atoms with E-state index in [1.165, 1.54) is 4.68 Å². The van der Waals surface area contributed by atoms with Crippen LogP contribution in [-0.2, 0) is 18.2 Å². The number of nitro groups is 1. The number of aromatic nitrogens is 2. The van der Waals surface area contributed by atoms with Crippen molar-refractivity contribution in [1.29, 1.82) is 0 Å². The molecule has 0 aromatic carbocycles. The normalized spacial score (nSPS) is 16.1. The third-order valence-corrected chi connectivity index (χ3v) is 3.64. The maximum absolute atomic E-state index is 11.2. The Balaban J connectivity index is 1.87. The number of ether oxygens (including phenoxy) is 1. The third-order valence-electron chi connectivity index (χ3n) is 3.64. The van der Waals surface area contributed by atoms with Crippen LogP contribution in [0.15, 0.2) is 0 Å². The van der Waals surface area contributed by atoms with Crippen LogP contribution in [0.2, 0.25) is 0 Å². The molecule has 0 saturated carbocycles. The van der Waals surface area contributed by atoms with Crippen LogP contribution in [0.1, 0.15) is 25.5 Å². The molecule has 2 rings (SSSR count). The highest BCUT2D eigenvalue weighted by atomic mass is 16.6. The fourth-order valence-electron chi connectivity index (χ4n) is 2.55. The number of hydrogen-bond acceptors (Lipinski definition) is 6. The van der Waals surface area contributed by atoms with Crippen LogP contribution in [0.3, 0.4) is 0 Å². The van der Waals surface area contributed by atoms with Crippen molar-refractivity contribution in [2.75, 3.05) is 31.6 Å². The largest absolute Gasteiger partial charge is 0.376 e. The maximum atomic E-state index is 11.2. The number of rotatable bonds is 7. The first kappa shape index (κ1) is 15.7. The average Bonchev–Trinajstić information content (AvgIpc) is 2.81. The lowest BCUT2D eigenvalue weighted by Gasteiger charge is -2.23. The molecule has 8 heteroatoms. The van der Waals surface area contributed by atoms with E-state index in [0.29, 0.717) is 37.2 Å². The summed E-state index contributed by atoms with van der Waals surface area (Å²) >= 11 is 0. The molecule has 2 N–H and O–H groups in total. The number of nitrogens with one attached hydrogen (secondary N) is 2. The van der Waals surface area contributed by atoms with Gasteiger partial charge in [-0.2, -0.15) is 5.10 Å². The lowest BCUT2D eigenvalue weighted by Crippen LogP contribution is -2.33. The molecule has 0 aliphatic carbocycles. The van der Waals surface area contributed by atoms with E-state index in [1.807, 2.05) is 6.92 Å². The van der Waals surface area contributed by atoms with Crippen molar-refractivity contribution in [2.24, 2.45) is 7.05 Å². The molecule has 1 aliphatic rings. The second kappa shape index (κ2) is 7.37. The van der Waals surface area contributed by atoms with E-state index >= 15 is 0 Å². The Kier molecular flexibility index (Phi) is 5.51. The topological polar surface area (TPSA) is 94.2 Å². The molecule has 8 nitrogen and oxygen atoms in total. The molecule has 1 saturated heterocycles. The van der Waals surface area contributed by atoms with Gasteiger partial charge in [0.15, 0.2) is 0 Å². The monoisotopic (exact) mass is 297 g/mol. The summed E-state index contributed by atoms with van der Waals surface area (Å²) in [5, 5.41) is 21.7. The minimum Gasteiger partial charge on any atom is -0.376 e. The van der Waals surface area contributed by atoms with Gasteiger partial charge in [0, 0.05) is 13.6 Å². The van der Waals surface area contributed by atoms with Gasteiger partial charge < -0.3 is 15.4 Å². The molecule has 1 aliphatic heterocycles. The lowest BCUT2D eigenvalue weighted by molar-refractivity contribution is -0.384. The quantitative estimate of drug-likeness (QED) is 0.444. The summed E-state index contributed by atoms with van der Waals surface area (Å²) in [5.41, 5.74) is 0.575. The van der Waals surface area contributed by atoms with Crippen LogP contribution >= 0.6 is 0 Å². The molecule has 1 aromatic rings. The van der Waals surface area contributed by atoms with Gasteiger partial charge >= 0.3 is 5.69 Å². The Morgan fingerprint density at radius 1 is 1.52 bits per heavy atom. The molecule has 0 spiro atoms. The van der Waals surface area contributed by atoms with Crippen molar-refractivity contribution < 1.29 is 9.66 Å². The van der Waals surface area contributed by atoms with Gasteiger partial charge in [-0.15, -0.1) is 0 Å². The summed E-state index contributed by atoms with van der Waals surface area (Å²) < 4.78 is 7.31. The molecular weight excluding hydrogens is 274 g/mol. The van der Waals surface area contributed by atoms with Crippen LogP contribution in [0.25, 0.3) is 0 Å². The summed E-state index contributed by atoms with van der Waals surface area (Å²) in [6.45, 7) is 4.91. The van der Waals surface area contributed by atoms with Crippen molar-refractivity contribution in [1.82, 2.24) is 15.1 Å². The van der Waals surface area contributed by atoms with Gasteiger partial charge in [-0.3, -0.25) is 10.1 Å². The van der Waals surface area contributed by atoms with E-state index in [-0.39, 0.29) is 10.6 Å².